The summed E-state index contributed by atoms with van der Waals surface area (Å²) in [6.07, 6.45) is 0. The van der Waals surface area contributed by atoms with E-state index in [1.54, 1.807) is 0 Å². The third-order valence-corrected chi connectivity index (χ3v) is 1.24. The van der Waals surface area contributed by atoms with Gasteiger partial charge in [0.2, 0.25) is 0 Å². The minimum atomic E-state index is 0.754. The first-order valence-electron chi connectivity index (χ1n) is 3.16. The maximum atomic E-state index is 3.53. The summed E-state index contributed by atoms with van der Waals surface area (Å²) >= 11 is 0. The fourth-order valence-electron chi connectivity index (χ4n) is 0.743. The van der Waals surface area contributed by atoms with Gasteiger partial charge in [-0.2, -0.15) is 5.10 Å². The van der Waals surface area contributed by atoms with Crippen LogP contribution in [0.1, 0.15) is 5.56 Å². The van der Waals surface area contributed by atoms with Crippen molar-refractivity contribution in [3.8, 4) is 0 Å². The van der Waals surface area contributed by atoms with Gasteiger partial charge in [-0.05, 0) is 5.56 Å². The average molecular weight is 134 g/mol. The normalized spacial score (nSPS) is 8.80. The smallest absolute Gasteiger partial charge is 0.0579 e. The average Bonchev–Trinajstić information content (AvgIpc) is 2.03. The molecule has 0 saturated heterocycles. The van der Waals surface area contributed by atoms with Crippen LogP contribution in [0.15, 0.2) is 35.4 Å². The molecule has 1 aromatic rings. The van der Waals surface area contributed by atoms with Crippen molar-refractivity contribution in [3.63, 3.8) is 0 Å². The zero-order chi connectivity index (χ0) is 7.23. The zero-order valence-electron chi connectivity index (χ0n) is 5.75. The van der Waals surface area contributed by atoms with E-state index in [4.69, 9.17) is 0 Å². The van der Waals surface area contributed by atoms with Crippen LogP contribution >= 0.6 is 0 Å². The molecule has 1 aromatic carbocycles. The number of hydrogen-bond acceptors (Lipinski definition) is 2. The maximum absolute atomic E-state index is 3.53. The summed E-state index contributed by atoms with van der Waals surface area (Å²) in [4.78, 5) is 0. The lowest BCUT2D eigenvalue weighted by molar-refractivity contribution is 0.751. The Morgan fingerprint density at radius 3 is 2.60 bits per heavy atom. The van der Waals surface area contributed by atoms with Crippen molar-refractivity contribution in [2.75, 3.05) is 0 Å². The lowest BCUT2D eigenvalue weighted by Crippen LogP contribution is -2.02. The lowest BCUT2D eigenvalue weighted by Gasteiger charge is -1.97. The number of benzene rings is 1. The molecule has 0 radical (unpaired) electrons. The van der Waals surface area contributed by atoms with E-state index in [-0.39, 0.29) is 0 Å². The molecule has 2 nitrogen and oxygen atoms in total. The van der Waals surface area contributed by atoms with Gasteiger partial charge in [-0.25, -0.2) is 0 Å². The Morgan fingerprint density at radius 1 is 1.30 bits per heavy atom. The molecule has 0 aliphatic rings. The van der Waals surface area contributed by atoms with Crippen molar-refractivity contribution in [1.29, 1.82) is 0 Å². The third kappa shape index (κ3) is 1.90. The van der Waals surface area contributed by atoms with Crippen molar-refractivity contribution in [2.45, 2.75) is 6.54 Å². The molecule has 0 aromatic heterocycles. The highest BCUT2D eigenvalue weighted by molar-refractivity contribution is 5.22. The highest BCUT2D eigenvalue weighted by atomic mass is 15.3. The topological polar surface area (TPSA) is 24.4 Å². The standard InChI is InChI=1S/C8H10N2/c1-9-10-7-8-5-3-2-4-6-8/h2-6,10H,1,7H2. The van der Waals surface area contributed by atoms with Gasteiger partial charge in [0.15, 0.2) is 0 Å². The Hall–Kier alpha value is -1.31. The first-order valence-corrected chi connectivity index (χ1v) is 3.16. The van der Waals surface area contributed by atoms with Gasteiger partial charge in [0.25, 0.3) is 0 Å². The molecule has 0 aliphatic carbocycles. The Labute approximate surface area is 60.6 Å². The predicted molar refractivity (Wildman–Crippen MR) is 42.8 cm³/mol. The second-order valence-corrected chi connectivity index (χ2v) is 1.98. The molecule has 1 N–H and O–H groups in total. The van der Waals surface area contributed by atoms with Gasteiger partial charge in [0.1, 0.15) is 0 Å². The molecule has 1 rings (SSSR count). The van der Waals surface area contributed by atoms with E-state index < -0.39 is 0 Å². The monoisotopic (exact) mass is 134 g/mol. The Morgan fingerprint density at radius 2 is 2.00 bits per heavy atom. The summed E-state index contributed by atoms with van der Waals surface area (Å²) in [6, 6.07) is 10.1. The van der Waals surface area contributed by atoms with Gasteiger partial charge >= 0.3 is 0 Å². The number of nitrogens with zero attached hydrogens (tertiary/aromatic N) is 1. The highest BCUT2D eigenvalue weighted by Crippen LogP contribution is 1.96. The summed E-state index contributed by atoms with van der Waals surface area (Å²) in [5, 5.41) is 3.53. The molecule has 0 saturated carbocycles. The second-order valence-electron chi connectivity index (χ2n) is 1.98. The molecule has 0 amide bonds. The van der Waals surface area contributed by atoms with Gasteiger partial charge < -0.3 is 5.43 Å². The highest BCUT2D eigenvalue weighted by Gasteiger charge is 1.84. The van der Waals surface area contributed by atoms with Crippen molar-refractivity contribution in [2.24, 2.45) is 5.10 Å². The summed E-state index contributed by atoms with van der Waals surface area (Å²) < 4.78 is 0. The predicted octanol–water partition coefficient (Wildman–Crippen LogP) is 1.39. The molecule has 0 spiro atoms. The van der Waals surface area contributed by atoms with E-state index in [2.05, 4.69) is 17.2 Å². The van der Waals surface area contributed by atoms with Crippen LogP contribution in [-0.2, 0) is 6.54 Å². The van der Waals surface area contributed by atoms with Crippen LogP contribution in [-0.4, -0.2) is 6.72 Å². The Kier molecular flexibility index (Phi) is 2.49. The van der Waals surface area contributed by atoms with Gasteiger partial charge in [0.05, 0.1) is 6.54 Å². The summed E-state index contributed by atoms with van der Waals surface area (Å²) in [5.41, 5.74) is 4.00. The zero-order valence-corrected chi connectivity index (χ0v) is 5.75. The quantitative estimate of drug-likeness (QED) is 0.490. The SMILES string of the molecule is C=NNCc1ccccc1. The third-order valence-electron chi connectivity index (χ3n) is 1.24. The number of hydrogen-bond donors (Lipinski definition) is 1. The molecule has 0 atom stereocenters. The van der Waals surface area contributed by atoms with Crippen molar-refractivity contribution >= 4 is 6.72 Å². The minimum absolute atomic E-state index is 0.754. The molecule has 0 aliphatic heterocycles. The van der Waals surface area contributed by atoms with Crippen molar-refractivity contribution in [3.05, 3.63) is 35.9 Å². The van der Waals surface area contributed by atoms with E-state index in [0.717, 1.165) is 6.54 Å². The summed E-state index contributed by atoms with van der Waals surface area (Å²) in [7, 11) is 0. The van der Waals surface area contributed by atoms with Crippen LogP contribution in [0.25, 0.3) is 0 Å². The maximum Gasteiger partial charge on any atom is 0.0579 e. The molecule has 0 heterocycles. The largest absolute Gasteiger partial charge is 0.306 e. The van der Waals surface area contributed by atoms with E-state index in [1.807, 2.05) is 30.3 Å². The number of hydrazone groups is 1. The molecule has 2 heteroatoms. The summed E-state index contributed by atoms with van der Waals surface area (Å²) in [6.45, 7) is 4.07. The van der Waals surface area contributed by atoms with E-state index in [0.29, 0.717) is 0 Å². The minimum Gasteiger partial charge on any atom is -0.306 e. The Balaban J connectivity index is 2.50. The molecule has 52 valence electrons. The molecule has 0 bridgehead atoms. The van der Waals surface area contributed by atoms with Crippen LogP contribution < -0.4 is 5.43 Å². The van der Waals surface area contributed by atoms with Gasteiger partial charge in [0, 0.05) is 6.72 Å². The number of rotatable bonds is 3. The van der Waals surface area contributed by atoms with Crippen LogP contribution in [0.2, 0.25) is 0 Å². The van der Waals surface area contributed by atoms with Gasteiger partial charge in [-0.15, -0.1) is 0 Å². The van der Waals surface area contributed by atoms with E-state index in [9.17, 15) is 0 Å². The lowest BCUT2D eigenvalue weighted by atomic mass is 10.2. The second kappa shape index (κ2) is 3.67. The molecule has 0 unspecified atom stereocenters. The molecule has 10 heavy (non-hydrogen) atoms. The molecular formula is C8H10N2. The molecular weight excluding hydrogens is 124 g/mol. The summed E-state index contributed by atoms with van der Waals surface area (Å²) in [5.74, 6) is 0. The van der Waals surface area contributed by atoms with Gasteiger partial charge in [-0.3, -0.25) is 0 Å². The van der Waals surface area contributed by atoms with Crippen LogP contribution in [0, 0.1) is 0 Å². The fourth-order valence-corrected chi connectivity index (χ4v) is 0.743. The van der Waals surface area contributed by atoms with Gasteiger partial charge in [-0.1, -0.05) is 30.3 Å². The van der Waals surface area contributed by atoms with E-state index >= 15 is 0 Å². The number of nitrogens with one attached hydrogen (secondary N) is 1. The van der Waals surface area contributed by atoms with Crippen LogP contribution in [0.3, 0.4) is 0 Å². The first kappa shape index (κ1) is 6.81. The van der Waals surface area contributed by atoms with Crippen LogP contribution in [0.4, 0.5) is 0 Å². The van der Waals surface area contributed by atoms with Crippen molar-refractivity contribution < 1.29 is 0 Å². The Bertz CT molecular complexity index is 194. The van der Waals surface area contributed by atoms with Crippen molar-refractivity contribution in [1.82, 2.24) is 5.43 Å². The fraction of sp³-hybridized carbons (Fsp3) is 0.125. The molecule has 0 fully saturated rings. The van der Waals surface area contributed by atoms with Crippen LogP contribution in [0.5, 0.6) is 0 Å². The van der Waals surface area contributed by atoms with E-state index in [1.165, 1.54) is 5.56 Å². The first-order chi connectivity index (χ1) is 4.93.